The summed E-state index contributed by atoms with van der Waals surface area (Å²) in [7, 11) is -4.20. The van der Waals surface area contributed by atoms with Gasteiger partial charge in [0.05, 0.1) is 26.4 Å². The van der Waals surface area contributed by atoms with Gasteiger partial charge < -0.3 is 4.90 Å². The number of halogens is 4. The second kappa shape index (κ2) is 8.36. The first-order valence-electron chi connectivity index (χ1n) is 11.8. The van der Waals surface area contributed by atoms with Gasteiger partial charge in [-0.3, -0.25) is 4.90 Å². The van der Waals surface area contributed by atoms with E-state index in [1.807, 2.05) is 13.8 Å². The van der Waals surface area contributed by atoms with Gasteiger partial charge in [-0.25, -0.2) is 13.2 Å². The van der Waals surface area contributed by atoms with Crippen molar-refractivity contribution in [2.45, 2.75) is 55.5 Å². The number of piperazine rings is 1. The highest BCUT2D eigenvalue weighted by Gasteiger charge is 2.54. The van der Waals surface area contributed by atoms with E-state index in [0.29, 0.717) is 41.4 Å². The summed E-state index contributed by atoms with van der Waals surface area (Å²) in [4.78, 5) is 4.10. The molecule has 0 radical (unpaired) electrons. The third-order valence-electron chi connectivity index (χ3n) is 7.41. The third-order valence-corrected chi connectivity index (χ3v) is 9.33. The Labute approximate surface area is 213 Å². The molecule has 1 aliphatic heterocycles. The summed E-state index contributed by atoms with van der Waals surface area (Å²) in [6.07, 6.45) is 1.76. The Hall–Kier alpha value is -2.30. The second-order valence-electron chi connectivity index (χ2n) is 10.5. The van der Waals surface area contributed by atoms with E-state index in [4.69, 9.17) is 11.6 Å². The van der Waals surface area contributed by atoms with Gasteiger partial charge in [0.1, 0.15) is 6.67 Å². The highest BCUT2D eigenvalue weighted by Crippen LogP contribution is 2.49. The van der Waals surface area contributed by atoms with Crippen LogP contribution in [-0.4, -0.2) is 59.9 Å². The number of hydrogen-bond acceptors (Lipinski definition) is 5. The average Bonchev–Trinajstić information content (AvgIpc) is 3.47. The van der Waals surface area contributed by atoms with Crippen molar-refractivity contribution in [3.05, 3.63) is 53.1 Å². The smallest absolute Gasteiger partial charge is 0.283 e. The number of benzene rings is 2. The van der Waals surface area contributed by atoms with Crippen molar-refractivity contribution in [3.63, 3.8) is 0 Å². The summed E-state index contributed by atoms with van der Waals surface area (Å²) in [5.74, 6) is -2.62. The highest BCUT2D eigenvalue weighted by atomic mass is 35.5. The molecule has 2 heterocycles. The summed E-state index contributed by atoms with van der Waals surface area (Å²) in [6.45, 7) is 5.83. The Bertz CT molecular complexity index is 1410. The lowest BCUT2D eigenvalue weighted by Gasteiger charge is -2.48. The van der Waals surface area contributed by atoms with Gasteiger partial charge in [0.2, 0.25) is 0 Å². The van der Waals surface area contributed by atoms with Crippen molar-refractivity contribution < 1.29 is 21.6 Å². The van der Waals surface area contributed by atoms with E-state index in [0.717, 1.165) is 36.0 Å². The number of aromatic nitrogens is 2. The van der Waals surface area contributed by atoms with Crippen LogP contribution in [0.5, 0.6) is 0 Å². The van der Waals surface area contributed by atoms with Gasteiger partial charge >= 0.3 is 0 Å². The maximum absolute atomic E-state index is 13.7. The van der Waals surface area contributed by atoms with Gasteiger partial charge in [0.25, 0.3) is 15.9 Å². The first-order chi connectivity index (χ1) is 16.8. The standard InChI is InChI=1S/C25H28ClF3N4O2S/c1-23(2,15-27)31-13-14-32(25(16-31)11-12-25)22-21-19(26)5-4-6-20(21)33(30-22)36(34,35)18-9-7-17(8-10-18)24(3,28)29/h4-10H,11-16H2,1-3H3. The Morgan fingerprint density at radius 1 is 1.06 bits per heavy atom. The molecule has 2 aliphatic rings. The molecule has 1 aliphatic carbocycles. The van der Waals surface area contributed by atoms with Crippen LogP contribution in [0, 0.1) is 0 Å². The fourth-order valence-electron chi connectivity index (χ4n) is 4.96. The normalized spacial score (nSPS) is 18.8. The van der Waals surface area contributed by atoms with E-state index in [1.165, 1.54) is 12.1 Å². The zero-order valence-corrected chi connectivity index (χ0v) is 21.9. The Kier molecular flexibility index (Phi) is 5.89. The second-order valence-corrected chi connectivity index (χ2v) is 12.6. The van der Waals surface area contributed by atoms with Crippen molar-refractivity contribution >= 4 is 38.3 Å². The quantitative estimate of drug-likeness (QED) is 0.417. The molecule has 1 saturated carbocycles. The van der Waals surface area contributed by atoms with E-state index in [2.05, 4.69) is 14.9 Å². The molecule has 5 rings (SSSR count). The molecule has 2 aromatic carbocycles. The maximum Gasteiger partial charge on any atom is 0.283 e. The predicted octanol–water partition coefficient (Wildman–Crippen LogP) is 5.44. The van der Waals surface area contributed by atoms with Crippen LogP contribution in [0.4, 0.5) is 19.0 Å². The minimum Gasteiger partial charge on any atom is -0.346 e. The molecule has 1 spiro atoms. The van der Waals surface area contributed by atoms with Gasteiger partial charge in [-0.1, -0.05) is 29.8 Å². The van der Waals surface area contributed by atoms with E-state index >= 15 is 0 Å². The van der Waals surface area contributed by atoms with E-state index in [1.54, 1.807) is 18.2 Å². The van der Waals surface area contributed by atoms with E-state index < -0.39 is 28.2 Å². The molecule has 1 aromatic heterocycles. The number of nitrogens with zero attached hydrogens (tertiary/aromatic N) is 4. The fourth-order valence-corrected chi connectivity index (χ4v) is 6.49. The van der Waals surface area contributed by atoms with Crippen LogP contribution < -0.4 is 4.90 Å². The molecule has 0 bridgehead atoms. The summed E-state index contributed by atoms with van der Waals surface area (Å²) >= 11 is 6.58. The number of alkyl halides is 3. The topological polar surface area (TPSA) is 58.4 Å². The number of fused-ring (bicyclic) bond motifs is 1. The molecule has 0 N–H and O–H groups in total. The van der Waals surface area contributed by atoms with Gasteiger partial charge in [0.15, 0.2) is 5.82 Å². The van der Waals surface area contributed by atoms with Crippen LogP contribution in [0.3, 0.4) is 0 Å². The van der Waals surface area contributed by atoms with Gasteiger partial charge in [-0.2, -0.15) is 12.5 Å². The molecule has 2 fully saturated rings. The van der Waals surface area contributed by atoms with Gasteiger partial charge in [0, 0.05) is 37.7 Å². The Morgan fingerprint density at radius 2 is 1.72 bits per heavy atom. The molecular weight excluding hydrogens is 513 g/mol. The number of hydrogen-bond donors (Lipinski definition) is 0. The zero-order valence-electron chi connectivity index (χ0n) is 20.3. The van der Waals surface area contributed by atoms with E-state index in [-0.39, 0.29) is 16.0 Å². The molecule has 6 nitrogen and oxygen atoms in total. The Balaban J connectivity index is 1.59. The van der Waals surface area contributed by atoms with Gasteiger partial charge in [-0.05, 0) is 51.0 Å². The van der Waals surface area contributed by atoms with Crippen LogP contribution in [0.15, 0.2) is 47.4 Å². The Morgan fingerprint density at radius 3 is 2.31 bits per heavy atom. The first kappa shape index (κ1) is 25.4. The van der Waals surface area contributed by atoms with Crippen LogP contribution in [-0.2, 0) is 15.9 Å². The maximum atomic E-state index is 13.7. The summed E-state index contributed by atoms with van der Waals surface area (Å²) < 4.78 is 69.2. The summed E-state index contributed by atoms with van der Waals surface area (Å²) in [5.41, 5.74) is -0.829. The molecular formula is C25H28ClF3N4O2S. The fraction of sp³-hybridized carbons (Fsp3) is 0.480. The average molecular weight is 541 g/mol. The highest BCUT2D eigenvalue weighted by molar-refractivity contribution is 7.90. The minimum absolute atomic E-state index is 0.151. The molecule has 194 valence electrons. The first-order valence-corrected chi connectivity index (χ1v) is 13.6. The third kappa shape index (κ3) is 4.07. The van der Waals surface area contributed by atoms with Crippen LogP contribution in [0.1, 0.15) is 39.2 Å². The van der Waals surface area contributed by atoms with Crippen molar-refractivity contribution in [2.75, 3.05) is 31.2 Å². The lowest BCUT2D eigenvalue weighted by molar-refractivity contribution is 0.0174. The monoisotopic (exact) mass is 540 g/mol. The minimum atomic E-state index is -4.20. The molecule has 3 aromatic rings. The number of anilines is 1. The molecule has 0 unspecified atom stereocenters. The molecule has 11 heteroatoms. The number of rotatable bonds is 6. The van der Waals surface area contributed by atoms with Crippen molar-refractivity contribution in [2.24, 2.45) is 0 Å². The molecule has 36 heavy (non-hydrogen) atoms. The summed E-state index contributed by atoms with van der Waals surface area (Å²) in [5, 5.41) is 5.45. The van der Waals surface area contributed by atoms with Crippen LogP contribution >= 0.6 is 11.6 Å². The largest absolute Gasteiger partial charge is 0.346 e. The molecule has 0 atom stereocenters. The molecule has 0 amide bonds. The van der Waals surface area contributed by atoms with Gasteiger partial charge in [-0.15, -0.1) is 5.10 Å². The lowest BCUT2D eigenvalue weighted by atomic mass is 9.99. The van der Waals surface area contributed by atoms with E-state index in [9.17, 15) is 21.6 Å². The van der Waals surface area contributed by atoms with Crippen molar-refractivity contribution in [1.29, 1.82) is 0 Å². The van der Waals surface area contributed by atoms with Crippen LogP contribution in [0.25, 0.3) is 10.9 Å². The van der Waals surface area contributed by atoms with Crippen LogP contribution in [0.2, 0.25) is 5.02 Å². The lowest BCUT2D eigenvalue weighted by Crippen LogP contribution is -2.61. The zero-order chi connectivity index (χ0) is 26.1. The summed E-state index contributed by atoms with van der Waals surface area (Å²) in [6, 6.07) is 9.52. The predicted molar refractivity (Wildman–Crippen MR) is 134 cm³/mol. The van der Waals surface area contributed by atoms with Crippen molar-refractivity contribution in [3.8, 4) is 0 Å². The van der Waals surface area contributed by atoms with Crippen molar-refractivity contribution in [1.82, 2.24) is 14.1 Å². The molecule has 1 saturated heterocycles. The SMILES string of the molecule is CC(F)(F)c1ccc(S(=O)(=O)n2nc(N3CCN(C(C)(C)CF)CC34CC4)c3c(Cl)cccc32)cc1.